The van der Waals surface area contributed by atoms with Crippen molar-refractivity contribution in [1.82, 2.24) is 0 Å². The molecule has 0 saturated heterocycles. The maximum atomic E-state index is 5.94. The van der Waals surface area contributed by atoms with Gasteiger partial charge in [0.05, 0.1) is 6.07 Å². The van der Waals surface area contributed by atoms with Crippen molar-refractivity contribution in [3.05, 3.63) is 54.7 Å². The first kappa shape index (κ1) is 12.8. The van der Waals surface area contributed by atoms with Gasteiger partial charge in [-0.3, -0.25) is 0 Å². The fraction of sp³-hybridized carbons (Fsp3) is 0.267. The average molecular weight is 258 g/mol. The summed E-state index contributed by atoms with van der Waals surface area (Å²) < 4.78 is 8.15. The van der Waals surface area contributed by atoms with Gasteiger partial charge in [0.1, 0.15) is 20.0 Å². The van der Waals surface area contributed by atoms with Crippen LogP contribution in [0.4, 0.5) is 0 Å². The molecule has 2 aromatic rings. The summed E-state index contributed by atoms with van der Waals surface area (Å²) in [5.41, 5.74) is 0. The second-order valence-corrected chi connectivity index (χ2v) is 11.1. The van der Waals surface area contributed by atoms with E-state index in [1.54, 1.807) is 0 Å². The minimum absolute atomic E-state index is 0.882. The molecule has 0 bridgehead atoms. The van der Waals surface area contributed by atoms with E-state index in [2.05, 4.69) is 36.5 Å². The Balaban J connectivity index is 2.23. The van der Waals surface area contributed by atoms with E-state index >= 15 is 0 Å². The predicted molar refractivity (Wildman–Crippen MR) is 76.5 cm³/mol. The maximum absolute atomic E-state index is 5.94. The monoisotopic (exact) mass is 258 g/mol. The van der Waals surface area contributed by atoms with Gasteiger partial charge in [0.2, 0.25) is 0 Å². The van der Waals surface area contributed by atoms with Crippen LogP contribution in [0.15, 0.2) is 54.7 Å². The summed E-state index contributed by atoms with van der Waals surface area (Å²) in [6, 6.07) is 16.0. The van der Waals surface area contributed by atoms with Crippen molar-refractivity contribution in [2.45, 2.75) is 25.8 Å². The number of ether oxygens (including phenoxy) is 1. The number of hydrogen-bond donors (Lipinski definition) is 0. The van der Waals surface area contributed by atoms with Crippen LogP contribution in [0, 0.1) is 0 Å². The summed E-state index contributed by atoms with van der Waals surface area (Å²) >= 11 is 0. The van der Waals surface area contributed by atoms with Crippen LogP contribution in [0.2, 0.25) is 19.6 Å². The van der Waals surface area contributed by atoms with Gasteiger partial charge in [0, 0.05) is 6.07 Å². The highest BCUT2D eigenvalue weighted by molar-refractivity contribution is 6.74. The van der Waals surface area contributed by atoms with Gasteiger partial charge >= 0.3 is 5.88 Å². The van der Waals surface area contributed by atoms with E-state index < -0.39 is 8.07 Å². The van der Waals surface area contributed by atoms with E-state index in [0.717, 1.165) is 17.8 Å². The van der Waals surface area contributed by atoms with E-state index in [-0.39, 0.29) is 0 Å². The zero-order chi connectivity index (χ0) is 13.0. The lowest BCUT2D eigenvalue weighted by Crippen LogP contribution is -2.46. The Bertz CT molecular complexity index is 505. The third kappa shape index (κ3) is 3.70. The van der Waals surface area contributed by atoms with Crippen molar-refractivity contribution >= 4 is 8.07 Å². The first-order valence-corrected chi connectivity index (χ1v) is 9.97. The molecule has 2 rings (SSSR count). The van der Waals surface area contributed by atoms with Gasteiger partial charge in [-0.1, -0.05) is 37.8 Å². The molecule has 0 radical (unpaired) electrons. The summed E-state index contributed by atoms with van der Waals surface area (Å²) in [5.74, 6) is 1.79. The van der Waals surface area contributed by atoms with Crippen molar-refractivity contribution in [1.29, 1.82) is 0 Å². The lowest BCUT2D eigenvalue weighted by atomic mass is 10.3. The minimum Gasteiger partial charge on any atom is -0.405 e. The molecule has 0 N–H and O–H groups in total. The van der Waals surface area contributed by atoms with Gasteiger partial charge < -0.3 is 4.74 Å². The van der Waals surface area contributed by atoms with Crippen LogP contribution in [0.1, 0.15) is 0 Å². The maximum Gasteiger partial charge on any atom is 0.372 e. The van der Waals surface area contributed by atoms with Crippen LogP contribution in [0.25, 0.3) is 0 Å². The van der Waals surface area contributed by atoms with Crippen molar-refractivity contribution in [2.24, 2.45) is 0 Å². The normalized spacial score (nSPS) is 11.3. The third-order valence-corrected chi connectivity index (χ3v) is 3.80. The first-order valence-electron chi connectivity index (χ1n) is 6.26. The van der Waals surface area contributed by atoms with E-state index in [4.69, 9.17) is 4.74 Å². The Morgan fingerprint density at radius 1 is 0.944 bits per heavy atom. The van der Waals surface area contributed by atoms with Gasteiger partial charge in [-0.25, -0.2) is 0 Å². The Kier molecular flexibility index (Phi) is 3.82. The molecule has 0 fully saturated rings. The van der Waals surface area contributed by atoms with E-state index in [0.29, 0.717) is 0 Å². The van der Waals surface area contributed by atoms with Gasteiger partial charge in [0.15, 0.2) is 6.20 Å². The Morgan fingerprint density at radius 3 is 2.28 bits per heavy atom. The molecule has 0 unspecified atom stereocenters. The average Bonchev–Trinajstić information content (AvgIpc) is 2.31. The molecule has 0 atom stereocenters. The van der Waals surface area contributed by atoms with Gasteiger partial charge in [-0.05, 0) is 18.2 Å². The van der Waals surface area contributed by atoms with Gasteiger partial charge in [0.25, 0.3) is 0 Å². The highest BCUT2D eigenvalue weighted by Crippen LogP contribution is 2.17. The molecule has 2 nitrogen and oxygen atoms in total. The number of hydrogen-bond acceptors (Lipinski definition) is 1. The molecule has 0 spiro atoms. The molecular weight excluding hydrogens is 238 g/mol. The standard InChI is InChI=1S/C15H20NOSi/c1-18(2,3)13-16-12-8-7-11-15(16)17-14-9-5-4-6-10-14/h4-12H,13H2,1-3H3/q+1. The second-order valence-electron chi connectivity index (χ2n) is 5.64. The number of para-hydroxylation sites is 1. The second kappa shape index (κ2) is 5.36. The molecule has 0 aliphatic carbocycles. The lowest BCUT2D eigenvalue weighted by molar-refractivity contribution is -0.685. The molecule has 18 heavy (non-hydrogen) atoms. The highest BCUT2D eigenvalue weighted by atomic mass is 28.3. The lowest BCUT2D eigenvalue weighted by Gasteiger charge is -2.13. The Hall–Kier alpha value is -1.61. The summed E-state index contributed by atoms with van der Waals surface area (Å²) in [7, 11) is -1.16. The van der Waals surface area contributed by atoms with Crippen molar-refractivity contribution < 1.29 is 9.30 Å². The molecule has 0 amide bonds. The number of aromatic nitrogens is 1. The SMILES string of the molecule is C[Si](C)(C)C[n+]1ccccc1Oc1ccccc1. The van der Waals surface area contributed by atoms with Crippen LogP contribution < -0.4 is 9.30 Å². The van der Waals surface area contributed by atoms with Gasteiger partial charge in [-0.15, -0.1) is 0 Å². The molecule has 0 aliphatic heterocycles. The molecule has 0 saturated carbocycles. The van der Waals surface area contributed by atoms with Crippen molar-refractivity contribution in [2.75, 3.05) is 0 Å². The highest BCUT2D eigenvalue weighted by Gasteiger charge is 2.23. The molecule has 1 aromatic heterocycles. The summed E-state index contributed by atoms with van der Waals surface area (Å²) in [5, 5.41) is 0. The fourth-order valence-corrected chi connectivity index (χ4v) is 3.09. The first-order chi connectivity index (χ1) is 8.54. The Morgan fingerprint density at radius 2 is 1.61 bits per heavy atom. The van der Waals surface area contributed by atoms with E-state index in [1.165, 1.54) is 0 Å². The molecule has 1 heterocycles. The minimum atomic E-state index is -1.16. The number of rotatable bonds is 4. The van der Waals surface area contributed by atoms with Crippen LogP contribution in [-0.4, -0.2) is 8.07 Å². The summed E-state index contributed by atoms with van der Waals surface area (Å²) in [4.78, 5) is 0. The van der Waals surface area contributed by atoms with E-state index in [9.17, 15) is 0 Å². The molecule has 3 heteroatoms. The molecular formula is C15H20NOSi+. The smallest absolute Gasteiger partial charge is 0.372 e. The summed E-state index contributed by atoms with van der Waals surface area (Å²) in [6.45, 7) is 7.08. The Labute approximate surface area is 110 Å². The quantitative estimate of drug-likeness (QED) is 0.603. The van der Waals surface area contributed by atoms with E-state index in [1.807, 2.05) is 42.5 Å². The molecule has 94 valence electrons. The van der Waals surface area contributed by atoms with Crippen LogP contribution in [-0.2, 0) is 6.17 Å². The molecule has 0 aliphatic rings. The predicted octanol–water partition coefficient (Wildman–Crippen LogP) is 3.64. The third-order valence-electron chi connectivity index (χ3n) is 2.51. The van der Waals surface area contributed by atoms with Crippen molar-refractivity contribution in [3.8, 4) is 11.6 Å². The fourth-order valence-electron chi connectivity index (χ4n) is 1.80. The van der Waals surface area contributed by atoms with Gasteiger partial charge in [-0.2, -0.15) is 4.57 Å². The van der Waals surface area contributed by atoms with Crippen LogP contribution in [0.3, 0.4) is 0 Å². The summed E-state index contributed by atoms with van der Waals surface area (Å²) in [6.07, 6.45) is 3.16. The van der Waals surface area contributed by atoms with Crippen LogP contribution >= 0.6 is 0 Å². The zero-order valence-electron chi connectivity index (χ0n) is 11.3. The topological polar surface area (TPSA) is 13.1 Å². The molecule has 1 aromatic carbocycles. The largest absolute Gasteiger partial charge is 0.405 e. The van der Waals surface area contributed by atoms with Crippen molar-refractivity contribution in [3.63, 3.8) is 0 Å². The number of benzene rings is 1. The number of pyridine rings is 1. The van der Waals surface area contributed by atoms with Crippen LogP contribution in [0.5, 0.6) is 11.6 Å². The number of nitrogens with zero attached hydrogens (tertiary/aromatic N) is 1. The zero-order valence-corrected chi connectivity index (χ0v) is 12.3.